The first-order valence-corrected chi connectivity index (χ1v) is 11.2. The number of nitrogens with zero attached hydrogens (tertiary/aromatic N) is 2. The van der Waals surface area contributed by atoms with Crippen LogP contribution in [-0.4, -0.2) is 21.1 Å². The van der Waals surface area contributed by atoms with E-state index in [4.69, 9.17) is 0 Å². The second kappa shape index (κ2) is 9.74. The first kappa shape index (κ1) is 19.7. The molecule has 150 valence electrons. The number of aromatic amines is 1. The Morgan fingerprint density at radius 2 is 1.83 bits per heavy atom. The van der Waals surface area contributed by atoms with Gasteiger partial charge in [0, 0.05) is 11.3 Å². The van der Waals surface area contributed by atoms with Gasteiger partial charge in [-0.1, -0.05) is 73.5 Å². The molecule has 1 aliphatic carbocycles. The van der Waals surface area contributed by atoms with Gasteiger partial charge < -0.3 is 5.32 Å². The molecular formula is C23H26N4OS. The van der Waals surface area contributed by atoms with Crippen LogP contribution < -0.4 is 5.32 Å². The molecule has 1 atom stereocenters. The Morgan fingerprint density at radius 3 is 2.52 bits per heavy atom. The van der Waals surface area contributed by atoms with Gasteiger partial charge in [-0.25, -0.2) is 4.98 Å². The van der Waals surface area contributed by atoms with Crippen LogP contribution in [-0.2, 0) is 5.75 Å². The normalized spacial score (nSPS) is 15.7. The van der Waals surface area contributed by atoms with Crippen molar-refractivity contribution < 1.29 is 4.79 Å². The minimum absolute atomic E-state index is 0.00105. The Balaban J connectivity index is 1.42. The van der Waals surface area contributed by atoms with Crippen molar-refractivity contribution in [1.82, 2.24) is 20.5 Å². The summed E-state index contributed by atoms with van der Waals surface area (Å²) in [4.78, 5) is 17.1. The molecule has 2 aromatic carbocycles. The summed E-state index contributed by atoms with van der Waals surface area (Å²) in [6.07, 6.45) is 7.67. The molecule has 1 fully saturated rings. The SMILES string of the molecule is O=C(NC(c1ccccc1)C1CCCCC1)c1ccc(CSc2ncn[nH]2)cc1. The zero-order valence-corrected chi connectivity index (χ0v) is 17.2. The van der Waals surface area contributed by atoms with Gasteiger partial charge in [0.05, 0.1) is 6.04 Å². The molecule has 29 heavy (non-hydrogen) atoms. The third kappa shape index (κ3) is 5.26. The molecule has 3 aromatic rings. The third-order valence-corrected chi connectivity index (χ3v) is 6.50. The fourth-order valence-corrected chi connectivity index (χ4v) is 4.73. The molecule has 2 N–H and O–H groups in total. The summed E-state index contributed by atoms with van der Waals surface area (Å²) in [5.74, 6) is 1.29. The number of thioether (sulfide) groups is 1. The van der Waals surface area contributed by atoms with Crippen LogP contribution in [0.4, 0.5) is 0 Å². The van der Waals surface area contributed by atoms with Crippen molar-refractivity contribution >= 4 is 17.7 Å². The van der Waals surface area contributed by atoms with Crippen LogP contribution in [0.5, 0.6) is 0 Å². The average molecular weight is 407 g/mol. The average Bonchev–Trinajstić information content (AvgIpc) is 3.31. The fraction of sp³-hybridized carbons (Fsp3) is 0.348. The van der Waals surface area contributed by atoms with Crippen molar-refractivity contribution in [3.05, 3.63) is 77.6 Å². The molecule has 1 amide bonds. The summed E-state index contributed by atoms with van der Waals surface area (Å²) in [5.41, 5.74) is 3.05. The van der Waals surface area contributed by atoms with Crippen LogP contribution in [0.1, 0.15) is 59.6 Å². The molecule has 1 aliphatic rings. The molecular weight excluding hydrogens is 380 g/mol. The Kier molecular flexibility index (Phi) is 6.62. The molecule has 4 rings (SSSR count). The number of rotatable bonds is 7. The molecule has 1 saturated carbocycles. The number of carbonyl (C=O) groups is 1. The number of nitrogens with one attached hydrogen (secondary N) is 2. The quantitative estimate of drug-likeness (QED) is 0.533. The van der Waals surface area contributed by atoms with E-state index in [1.165, 1.54) is 44.0 Å². The van der Waals surface area contributed by atoms with Crippen molar-refractivity contribution in [2.24, 2.45) is 5.92 Å². The summed E-state index contributed by atoms with van der Waals surface area (Å²) < 4.78 is 0. The van der Waals surface area contributed by atoms with E-state index >= 15 is 0 Å². The Labute approximate surface area is 175 Å². The third-order valence-electron chi connectivity index (χ3n) is 5.55. The number of hydrogen-bond donors (Lipinski definition) is 2. The molecule has 5 nitrogen and oxygen atoms in total. The van der Waals surface area contributed by atoms with Crippen molar-refractivity contribution in [2.45, 2.75) is 49.1 Å². The first-order valence-electron chi connectivity index (χ1n) is 10.2. The maximum atomic E-state index is 13.0. The maximum absolute atomic E-state index is 13.0. The lowest BCUT2D eigenvalue weighted by atomic mass is 9.81. The van der Waals surface area contributed by atoms with E-state index in [0.717, 1.165) is 16.5 Å². The van der Waals surface area contributed by atoms with Gasteiger partial charge in [0.1, 0.15) is 6.33 Å². The minimum atomic E-state index is -0.00105. The molecule has 0 spiro atoms. The van der Waals surface area contributed by atoms with Gasteiger partial charge >= 0.3 is 0 Å². The van der Waals surface area contributed by atoms with E-state index < -0.39 is 0 Å². The van der Waals surface area contributed by atoms with Gasteiger partial charge in [0.25, 0.3) is 5.91 Å². The van der Waals surface area contributed by atoms with E-state index in [1.54, 1.807) is 11.8 Å². The lowest BCUT2D eigenvalue weighted by Crippen LogP contribution is -2.34. The topological polar surface area (TPSA) is 70.7 Å². The Morgan fingerprint density at radius 1 is 1.07 bits per heavy atom. The van der Waals surface area contributed by atoms with Gasteiger partial charge in [-0.05, 0) is 42.0 Å². The molecule has 0 aliphatic heterocycles. The minimum Gasteiger partial charge on any atom is -0.345 e. The van der Waals surface area contributed by atoms with Crippen LogP contribution in [0.3, 0.4) is 0 Å². The van der Waals surface area contributed by atoms with Crippen LogP contribution >= 0.6 is 11.8 Å². The summed E-state index contributed by atoms with van der Waals surface area (Å²) in [7, 11) is 0. The van der Waals surface area contributed by atoms with E-state index in [9.17, 15) is 4.79 Å². The number of amides is 1. The van der Waals surface area contributed by atoms with Gasteiger partial charge in [-0.3, -0.25) is 9.89 Å². The smallest absolute Gasteiger partial charge is 0.251 e. The Hall–Kier alpha value is -2.60. The van der Waals surface area contributed by atoms with E-state index in [-0.39, 0.29) is 11.9 Å². The first-order chi connectivity index (χ1) is 14.3. The summed E-state index contributed by atoms with van der Waals surface area (Å²) in [6, 6.07) is 18.3. The van der Waals surface area contributed by atoms with E-state index in [0.29, 0.717) is 11.5 Å². The second-order valence-electron chi connectivity index (χ2n) is 7.54. The van der Waals surface area contributed by atoms with Gasteiger partial charge in [0.15, 0.2) is 5.16 Å². The summed E-state index contributed by atoms with van der Waals surface area (Å²) in [5, 5.41) is 10.8. The van der Waals surface area contributed by atoms with Crippen LogP contribution in [0.15, 0.2) is 66.1 Å². The summed E-state index contributed by atoms with van der Waals surface area (Å²) in [6.45, 7) is 0. The van der Waals surface area contributed by atoms with Crippen molar-refractivity contribution in [3.63, 3.8) is 0 Å². The van der Waals surface area contributed by atoms with Crippen LogP contribution in [0.2, 0.25) is 0 Å². The zero-order chi connectivity index (χ0) is 19.9. The highest BCUT2D eigenvalue weighted by molar-refractivity contribution is 7.98. The van der Waals surface area contributed by atoms with Crippen LogP contribution in [0, 0.1) is 5.92 Å². The maximum Gasteiger partial charge on any atom is 0.251 e. The molecule has 1 aromatic heterocycles. The number of carbonyl (C=O) groups excluding carboxylic acids is 1. The van der Waals surface area contributed by atoms with E-state index in [1.807, 2.05) is 30.3 Å². The van der Waals surface area contributed by atoms with Crippen molar-refractivity contribution in [2.75, 3.05) is 0 Å². The highest BCUT2D eigenvalue weighted by atomic mass is 32.2. The highest BCUT2D eigenvalue weighted by Crippen LogP contribution is 2.34. The second-order valence-corrected chi connectivity index (χ2v) is 8.50. The number of aromatic nitrogens is 3. The largest absolute Gasteiger partial charge is 0.345 e. The van der Waals surface area contributed by atoms with Gasteiger partial charge in [-0.15, -0.1) is 0 Å². The zero-order valence-electron chi connectivity index (χ0n) is 16.4. The summed E-state index contributed by atoms with van der Waals surface area (Å²) >= 11 is 1.59. The Bertz CT molecular complexity index is 890. The molecule has 6 heteroatoms. The predicted octanol–water partition coefficient (Wildman–Crippen LogP) is 5.15. The monoisotopic (exact) mass is 406 g/mol. The van der Waals surface area contributed by atoms with Crippen molar-refractivity contribution in [1.29, 1.82) is 0 Å². The van der Waals surface area contributed by atoms with Crippen molar-refractivity contribution in [3.8, 4) is 0 Å². The number of hydrogen-bond acceptors (Lipinski definition) is 4. The number of H-pyrrole nitrogens is 1. The lowest BCUT2D eigenvalue weighted by molar-refractivity contribution is 0.0912. The molecule has 1 unspecified atom stereocenters. The molecule has 1 heterocycles. The highest BCUT2D eigenvalue weighted by Gasteiger charge is 2.26. The fourth-order valence-electron chi connectivity index (χ4n) is 3.99. The molecule has 0 radical (unpaired) electrons. The van der Waals surface area contributed by atoms with Crippen LogP contribution in [0.25, 0.3) is 0 Å². The molecule has 0 bridgehead atoms. The van der Waals surface area contributed by atoms with Gasteiger partial charge in [-0.2, -0.15) is 5.10 Å². The number of benzene rings is 2. The lowest BCUT2D eigenvalue weighted by Gasteiger charge is -2.31. The molecule has 0 saturated heterocycles. The van der Waals surface area contributed by atoms with Gasteiger partial charge in [0.2, 0.25) is 0 Å². The predicted molar refractivity (Wildman–Crippen MR) is 116 cm³/mol. The van der Waals surface area contributed by atoms with E-state index in [2.05, 4.69) is 44.8 Å². The standard InChI is InChI=1S/C23H26N4OS/c28-22(20-13-11-17(12-14-20)15-29-23-24-16-25-27-23)26-21(18-7-3-1-4-8-18)19-9-5-2-6-10-19/h1,3-4,7-8,11-14,16,19,21H,2,5-6,9-10,15H2,(H,26,28)(H,24,25,27).